The Morgan fingerprint density at radius 3 is 2.63 bits per heavy atom. The van der Waals surface area contributed by atoms with Crippen LogP contribution in [0.25, 0.3) is 11.0 Å². The second-order valence-electron chi connectivity index (χ2n) is 6.63. The Morgan fingerprint density at radius 2 is 1.90 bits per heavy atom. The highest BCUT2D eigenvalue weighted by Crippen LogP contribution is 2.30. The predicted octanol–water partition coefficient (Wildman–Crippen LogP) is 3.37. The van der Waals surface area contributed by atoms with Crippen molar-refractivity contribution >= 4 is 44.2 Å². The number of morpholine rings is 1. The van der Waals surface area contributed by atoms with Gasteiger partial charge in [-0.3, -0.25) is 4.79 Å². The van der Waals surface area contributed by atoms with Crippen LogP contribution in [0, 0.1) is 0 Å². The fourth-order valence-corrected chi connectivity index (χ4v) is 4.81. The van der Waals surface area contributed by atoms with Crippen LogP contribution in [-0.2, 0) is 14.8 Å². The van der Waals surface area contributed by atoms with Crippen LogP contribution in [0.5, 0.6) is 5.75 Å². The fourth-order valence-electron chi connectivity index (χ4n) is 3.19. The van der Waals surface area contributed by atoms with Crippen LogP contribution in [0.2, 0.25) is 5.02 Å². The number of hydrogen-bond acceptors (Lipinski definition) is 6. The molecule has 0 atom stereocenters. The van der Waals surface area contributed by atoms with Gasteiger partial charge in [0.05, 0.1) is 30.9 Å². The molecule has 0 bridgehead atoms. The Bertz CT molecular complexity index is 1200. The van der Waals surface area contributed by atoms with Gasteiger partial charge in [0.25, 0.3) is 5.91 Å². The van der Waals surface area contributed by atoms with Gasteiger partial charge in [-0.2, -0.15) is 4.31 Å². The Labute approximate surface area is 178 Å². The minimum Gasteiger partial charge on any atom is -0.495 e. The molecule has 1 fully saturated rings. The molecule has 0 aliphatic carbocycles. The second kappa shape index (κ2) is 8.27. The van der Waals surface area contributed by atoms with E-state index < -0.39 is 15.9 Å². The van der Waals surface area contributed by atoms with Gasteiger partial charge in [-0.05, 0) is 42.5 Å². The Morgan fingerprint density at radius 1 is 1.13 bits per heavy atom. The number of rotatable bonds is 5. The van der Waals surface area contributed by atoms with Crippen molar-refractivity contribution in [3.8, 4) is 5.75 Å². The van der Waals surface area contributed by atoms with Crippen LogP contribution >= 0.6 is 11.6 Å². The molecule has 158 valence electrons. The molecule has 0 radical (unpaired) electrons. The summed E-state index contributed by atoms with van der Waals surface area (Å²) in [5.41, 5.74) is 0.732. The number of ether oxygens (including phenoxy) is 2. The van der Waals surface area contributed by atoms with Crippen LogP contribution < -0.4 is 10.1 Å². The summed E-state index contributed by atoms with van der Waals surface area (Å²) in [5.74, 6) is -0.152. The van der Waals surface area contributed by atoms with E-state index in [1.54, 1.807) is 24.3 Å². The molecule has 0 saturated carbocycles. The van der Waals surface area contributed by atoms with Crippen LogP contribution in [0.1, 0.15) is 10.6 Å². The number of nitrogens with one attached hydrogen (secondary N) is 1. The first kappa shape index (κ1) is 20.7. The van der Waals surface area contributed by atoms with E-state index in [9.17, 15) is 13.2 Å². The van der Waals surface area contributed by atoms with Crippen molar-refractivity contribution in [2.24, 2.45) is 0 Å². The van der Waals surface area contributed by atoms with Crippen molar-refractivity contribution in [3.63, 3.8) is 0 Å². The van der Waals surface area contributed by atoms with Crippen LogP contribution in [-0.4, -0.2) is 52.0 Å². The number of halogens is 1. The second-order valence-corrected chi connectivity index (χ2v) is 9.00. The monoisotopic (exact) mass is 450 g/mol. The van der Waals surface area contributed by atoms with Crippen molar-refractivity contribution in [2.45, 2.75) is 4.90 Å². The summed E-state index contributed by atoms with van der Waals surface area (Å²) in [6, 6.07) is 10.9. The summed E-state index contributed by atoms with van der Waals surface area (Å²) in [6.45, 7) is 1.24. The normalized spacial score (nSPS) is 15.3. The molecule has 2 heterocycles. The number of sulfonamides is 1. The van der Waals surface area contributed by atoms with Gasteiger partial charge in [0, 0.05) is 23.5 Å². The molecular formula is C20H19ClN2O6S. The third-order valence-electron chi connectivity index (χ3n) is 4.73. The van der Waals surface area contributed by atoms with Gasteiger partial charge in [-0.15, -0.1) is 0 Å². The van der Waals surface area contributed by atoms with Gasteiger partial charge < -0.3 is 19.2 Å². The summed E-state index contributed by atoms with van der Waals surface area (Å²) in [5, 5.41) is 3.88. The molecule has 10 heteroatoms. The Hall–Kier alpha value is -2.59. The third kappa shape index (κ3) is 4.01. The van der Waals surface area contributed by atoms with Crippen LogP contribution in [0.4, 0.5) is 5.69 Å². The molecule has 30 heavy (non-hydrogen) atoms. The maximum absolute atomic E-state index is 12.9. The zero-order chi connectivity index (χ0) is 21.3. The van der Waals surface area contributed by atoms with Crippen molar-refractivity contribution in [2.75, 3.05) is 38.7 Å². The van der Waals surface area contributed by atoms with Gasteiger partial charge >= 0.3 is 0 Å². The zero-order valence-corrected chi connectivity index (χ0v) is 17.6. The summed E-state index contributed by atoms with van der Waals surface area (Å²) in [4.78, 5) is 12.8. The van der Waals surface area contributed by atoms with Gasteiger partial charge in [0.2, 0.25) is 10.0 Å². The molecule has 8 nitrogen and oxygen atoms in total. The SMILES string of the molecule is COc1ccc(S(=O)(=O)N2CCOCC2)cc1NC(=O)c1cc2cc(Cl)ccc2o1. The summed E-state index contributed by atoms with van der Waals surface area (Å²) in [6.07, 6.45) is 0. The Kier molecular flexibility index (Phi) is 5.70. The molecular weight excluding hydrogens is 432 g/mol. The average Bonchev–Trinajstić information content (AvgIpc) is 3.17. The molecule has 1 aromatic heterocycles. The van der Waals surface area contributed by atoms with Crippen molar-refractivity contribution < 1.29 is 27.1 Å². The first-order valence-corrected chi connectivity index (χ1v) is 11.0. The lowest BCUT2D eigenvalue weighted by Crippen LogP contribution is -2.40. The summed E-state index contributed by atoms with van der Waals surface area (Å²) < 4.78 is 43.3. The maximum Gasteiger partial charge on any atom is 0.291 e. The molecule has 1 aliphatic rings. The molecule has 1 amide bonds. The smallest absolute Gasteiger partial charge is 0.291 e. The number of methoxy groups -OCH3 is 1. The van der Waals surface area contributed by atoms with Gasteiger partial charge in [0.15, 0.2) is 5.76 Å². The molecule has 1 N–H and O–H groups in total. The largest absolute Gasteiger partial charge is 0.495 e. The molecule has 1 aliphatic heterocycles. The summed E-state index contributed by atoms with van der Waals surface area (Å²) in [7, 11) is -2.29. The Balaban J connectivity index is 1.63. The quantitative estimate of drug-likeness (QED) is 0.640. The number of carbonyl (C=O) groups excluding carboxylic acids is 1. The van der Waals surface area contributed by atoms with E-state index in [-0.39, 0.29) is 29.4 Å². The molecule has 0 unspecified atom stereocenters. The van der Waals surface area contributed by atoms with Crippen molar-refractivity contribution in [1.29, 1.82) is 0 Å². The van der Waals surface area contributed by atoms with E-state index in [1.807, 2.05) is 0 Å². The van der Waals surface area contributed by atoms with E-state index in [0.29, 0.717) is 35.0 Å². The van der Waals surface area contributed by atoms with Gasteiger partial charge in [0.1, 0.15) is 11.3 Å². The van der Waals surface area contributed by atoms with E-state index in [1.165, 1.54) is 29.6 Å². The highest BCUT2D eigenvalue weighted by Gasteiger charge is 2.27. The van der Waals surface area contributed by atoms with E-state index >= 15 is 0 Å². The minimum absolute atomic E-state index is 0.0527. The standard InChI is InChI=1S/C20H19ClN2O6S/c1-27-18-5-3-15(30(25,26)23-6-8-28-9-7-23)12-16(18)22-20(24)19-11-13-10-14(21)2-4-17(13)29-19/h2-5,10-12H,6-9H2,1H3,(H,22,24). The lowest BCUT2D eigenvalue weighted by Gasteiger charge is -2.26. The number of hydrogen-bond donors (Lipinski definition) is 1. The molecule has 0 spiro atoms. The summed E-state index contributed by atoms with van der Waals surface area (Å²) >= 11 is 5.97. The number of anilines is 1. The van der Waals surface area contributed by atoms with Crippen molar-refractivity contribution in [1.82, 2.24) is 4.31 Å². The third-order valence-corrected chi connectivity index (χ3v) is 6.86. The number of benzene rings is 2. The number of amides is 1. The number of nitrogens with zero attached hydrogens (tertiary/aromatic N) is 1. The first-order chi connectivity index (χ1) is 14.4. The molecule has 1 saturated heterocycles. The maximum atomic E-state index is 12.9. The van der Waals surface area contributed by atoms with Gasteiger partial charge in [-0.1, -0.05) is 11.6 Å². The predicted molar refractivity (Wildman–Crippen MR) is 112 cm³/mol. The number of carbonyl (C=O) groups is 1. The topological polar surface area (TPSA) is 98.1 Å². The van der Waals surface area contributed by atoms with Gasteiger partial charge in [-0.25, -0.2) is 8.42 Å². The van der Waals surface area contributed by atoms with Crippen LogP contribution in [0.3, 0.4) is 0 Å². The average molecular weight is 451 g/mol. The number of furan rings is 1. The van der Waals surface area contributed by atoms with E-state index in [2.05, 4.69) is 5.32 Å². The fraction of sp³-hybridized carbons (Fsp3) is 0.250. The van der Waals surface area contributed by atoms with Crippen LogP contribution in [0.15, 0.2) is 51.8 Å². The lowest BCUT2D eigenvalue weighted by molar-refractivity contribution is 0.0730. The highest BCUT2D eigenvalue weighted by atomic mass is 35.5. The minimum atomic E-state index is -3.73. The molecule has 3 aromatic rings. The van der Waals surface area contributed by atoms with Crippen molar-refractivity contribution in [3.05, 3.63) is 53.2 Å². The number of fused-ring (bicyclic) bond motifs is 1. The molecule has 4 rings (SSSR count). The lowest BCUT2D eigenvalue weighted by atomic mass is 10.2. The zero-order valence-electron chi connectivity index (χ0n) is 16.1. The first-order valence-electron chi connectivity index (χ1n) is 9.15. The van der Waals surface area contributed by atoms with E-state index in [0.717, 1.165) is 0 Å². The van der Waals surface area contributed by atoms with E-state index in [4.69, 9.17) is 25.5 Å². The molecule has 2 aromatic carbocycles. The highest BCUT2D eigenvalue weighted by molar-refractivity contribution is 7.89.